The molecule has 30 heavy (non-hydrogen) atoms. The van der Waals surface area contributed by atoms with E-state index in [2.05, 4.69) is 10.3 Å². The van der Waals surface area contributed by atoms with Gasteiger partial charge >= 0.3 is 0 Å². The van der Waals surface area contributed by atoms with Crippen LogP contribution in [0.1, 0.15) is 27.2 Å². The zero-order chi connectivity index (χ0) is 21.3. The van der Waals surface area contributed by atoms with Gasteiger partial charge in [0, 0.05) is 24.3 Å². The maximum Gasteiger partial charge on any atom is 0.257 e. The van der Waals surface area contributed by atoms with Crippen LogP contribution in [0.5, 0.6) is 0 Å². The second-order valence-corrected chi connectivity index (χ2v) is 9.42. The first kappa shape index (κ1) is 20.3. The van der Waals surface area contributed by atoms with Crippen LogP contribution in [0.2, 0.25) is 0 Å². The van der Waals surface area contributed by atoms with Gasteiger partial charge in [0.25, 0.3) is 5.91 Å². The van der Waals surface area contributed by atoms with E-state index in [1.54, 1.807) is 6.07 Å². The Bertz CT molecular complexity index is 1210. The number of nitrogens with zero attached hydrogens (tertiary/aromatic N) is 2. The summed E-state index contributed by atoms with van der Waals surface area (Å²) in [6.45, 7) is 2.56. The Morgan fingerprint density at radius 2 is 1.80 bits per heavy atom. The first-order valence-electron chi connectivity index (χ1n) is 9.73. The van der Waals surface area contributed by atoms with Crippen molar-refractivity contribution in [1.82, 2.24) is 9.29 Å². The predicted octanol–water partition coefficient (Wildman–Crippen LogP) is 3.63. The molecule has 1 N–H and O–H groups in total. The highest BCUT2D eigenvalue weighted by Crippen LogP contribution is 2.28. The summed E-state index contributed by atoms with van der Waals surface area (Å²) >= 11 is 0. The van der Waals surface area contributed by atoms with Gasteiger partial charge in [-0.3, -0.25) is 9.78 Å². The van der Waals surface area contributed by atoms with Crippen molar-refractivity contribution in [1.29, 1.82) is 0 Å². The van der Waals surface area contributed by atoms with Crippen LogP contribution >= 0.6 is 0 Å². The quantitative estimate of drug-likeness (QED) is 0.698. The fourth-order valence-electron chi connectivity index (χ4n) is 3.74. The van der Waals surface area contributed by atoms with E-state index in [4.69, 9.17) is 0 Å². The second-order valence-electron chi connectivity index (χ2n) is 7.44. The third kappa shape index (κ3) is 4.13. The van der Waals surface area contributed by atoms with Crippen molar-refractivity contribution < 1.29 is 13.2 Å². The second kappa shape index (κ2) is 8.01. The molecular weight excluding hydrogens is 398 g/mol. The van der Waals surface area contributed by atoms with Gasteiger partial charge in [-0.05, 0) is 42.7 Å². The van der Waals surface area contributed by atoms with Crippen molar-refractivity contribution in [3.63, 3.8) is 0 Å². The number of hydrogen-bond donors (Lipinski definition) is 1. The number of carbonyl (C=O) groups excluding carboxylic acids is 1. The van der Waals surface area contributed by atoms with Crippen molar-refractivity contribution in [2.75, 3.05) is 18.1 Å². The Morgan fingerprint density at radius 1 is 1.03 bits per heavy atom. The molecule has 0 saturated heterocycles. The molecule has 2 aromatic carbocycles. The first-order valence-corrected chi connectivity index (χ1v) is 11.6. The summed E-state index contributed by atoms with van der Waals surface area (Å²) in [5.74, 6) is -0.224. The number of sulfonamides is 1. The molecule has 0 spiro atoms. The van der Waals surface area contributed by atoms with Gasteiger partial charge in [-0.25, -0.2) is 8.42 Å². The van der Waals surface area contributed by atoms with Crippen molar-refractivity contribution >= 4 is 21.6 Å². The van der Waals surface area contributed by atoms with Gasteiger partial charge in [0.2, 0.25) is 10.0 Å². The molecule has 7 heteroatoms. The Hall–Kier alpha value is -3.03. The summed E-state index contributed by atoms with van der Waals surface area (Å²) in [5.41, 5.74) is 5.61. The number of anilines is 1. The van der Waals surface area contributed by atoms with Crippen LogP contribution in [0.4, 0.5) is 5.69 Å². The summed E-state index contributed by atoms with van der Waals surface area (Å²) < 4.78 is 25.2. The molecule has 0 atom stereocenters. The zero-order valence-corrected chi connectivity index (χ0v) is 17.7. The zero-order valence-electron chi connectivity index (χ0n) is 16.9. The van der Waals surface area contributed by atoms with Crippen molar-refractivity contribution in [3.8, 4) is 11.3 Å². The van der Waals surface area contributed by atoms with Gasteiger partial charge in [0.05, 0.1) is 23.2 Å². The van der Waals surface area contributed by atoms with Crippen LogP contribution < -0.4 is 5.32 Å². The largest absolute Gasteiger partial charge is 0.322 e. The van der Waals surface area contributed by atoms with E-state index >= 15 is 0 Å². The number of rotatable bonds is 4. The normalized spacial score (nSPS) is 14.2. The van der Waals surface area contributed by atoms with E-state index in [0.717, 1.165) is 28.1 Å². The topological polar surface area (TPSA) is 79.4 Å². The third-order valence-corrected chi connectivity index (χ3v) is 6.60. The van der Waals surface area contributed by atoms with Crippen LogP contribution in [-0.2, 0) is 23.0 Å². The van der Waals surface area contributed by atoms with E-state index in [9.17, 15) is 13.2 Å². The number of nitrogens with one attached hydrogen (secondary N) is 1. The molecular formula is C23H23N3O3S. The Morgan fingerprint density at radius 3 is 2.50 bits per heavy atom. The molecule has 4 rings (SSSR count). The number of aromatic nitrogens is 1. The standard InChI is InChI=1S/C23H23N3O3S/c1-16-19(11-12-21(24-16)17-7-4-3-5-8-17)23(27)25-22-10-6-9-18-15-26(30(2,28)29)14-13-20(18)22/h3-12H,13-15H2,1-2H3,(H,25,27). The van der Waals surface area contributed by atoms with Crippen LogP contribution in [0, 0.1) is 6.92 Å². The Balaban J connectivity index is 1.57. The lowest BCUT2D eigenvalue weighted by Gasteiger charge is -2.28. The van der Waals surface area contributed by atoms with E-state index in [0.29, 0.717) is 30.8 Å². The Labute approximate surface area is 176 Å². The minimum absolute atomic E-state index is 0.224. The van der Waals surface area contributed by atoms with Gasteiger partial charge in [0.15, 0.2) is 0 Å². The summed E-state index contributed by atoms with van der Waals surface area (Å²) in [6.07, 6.45) is 1.78. The number of pyridine rings is 1. The monoisotopic (exact) mass is 421 g/mol. The highest BCUT2D eigenvalue weighted by Gasteiger charge is 2.25. The van der Waals surface area contributed by atoms with Gasteiger partial charge in [-0.2, -0.15) is 4.31 Å². The molecule has 0 bridgehead atoms. The third-order valence-electron chi connectivity index (χ3n) is 5.35. The summed E-state index contributed by atoms with van der Waals surface area (Å²) in [4.78, 5) is 17.5. The van der Waals surface area contributed by atoms with E-state index in [-0.39, 0.29) is 5.91 Å². The van der Waals surface area contributed by atoms with Gasteiger partial charge in [0.1, 0.15) is 0 Å². The molecule has 0 radical (unpaired) electrons. The molecule has 0 aliphatic carbocycles. The lowest BCUT2D eigenvalue weighted by molar-refractivity contribution is 0.102. The number of carbonyl (C=O) groups is 1. The van der Waals surface area contributed by atoms with Crippen molar-refractivity contribution in [3.05, 3.63) is 83.0 Å². The van der Waals surface area contributed by atoms with E-state index < -0.39 is 10.0 Å². The highest BCUT2D eigenvalue weighted by atomic mass is 32.2. The SMILES string of the molecule is Cc1nc(-c2ccccc2)ccc1C(=O)Nc1cccc2c1CCN(S(C)(=O)=O)C2. The fraction of sp³-hybridized carbons (Fsp3) is 0.217. The lowest BCUT2D eigenvalue weighted by atomic mass is 9.98. The van der Waals surface area contributed by atoms with Crippen LogP contribution in [-0.4, -0.2) is 36.4 Å². The Kier molecular flexibility index (Phi) is 5.40. The summed E-state index contributed by atoms with van der Waals surface area (Å²) in [6, 6.07) is 19.1. The maximum atomic E-state index is 12.9. The molecule has 1 amide bonds. The maximum absolute atomic E-state index is 12.9. The van der Waals surface area contributed by atoms with E-state index in [1.807, 2.05) is 61.5 Å². The van der Waals surface area contributed by atoms with Crippen molar-refractivity contribution in [2.24, 2.45) is 0 Å². The number of hydrogen-bond acceptors (Lipinski definition) is 4. The molecule has 154 valence electrons. The number of benzene rings is 2. The molecule has 0 fully saturated rings. The minimum atomic E-state index is -3.24. The lowest BCUT2D eigenvalue weighted by Crippen LogP contribution is -2.35. The van der Waals surface area contributed by atoms with Gasteiger partial charge in [-0.15, -0.1) is 0 Å². The average Bonchev–Trinajstić information content (AvgIpc) is 2.73. The number of amides is 1. The molecule has 1 aliphatic heterocycles. The smallest absolute Gasteiger partial charge is 0.257 e. The molecule has 0 unspecified atom stereocenters. The summed E-state index contributed by atoms with van der Waals surface area (Å²) in [5, 5.41) is 2.99. The number of aryl methyl sites for hydroxylation is 1. The number of fused-ring (bicyclic) bond motifs is 1. The van der Waals surface area contributed by atoms with Crippen LogP contribution in [0.25, 0.3) is 11.3 Å². The van der Waals surface area contributed by atoms with Crippen molar-refractivity contribution in [2.45, 2.75) is 19.9 Å². The molecule has 1 aliphatic rings. The van der Waals surface area contributed by atoms with Crippen LogP contribution in [0.3, 0.4) is 0 Å². The van der Waals surface area contributed by atoms with Gasteiger partial charge in [-0.1, -0.05) is 42.5 Å². The minimum Gasteiger partial charge on any atom is -0.322 e. The molecule has 0 saturated carbocycles. The van der Waals surface area contributed by atoms with Gasteiger partial charge < -0.3 is 5.32 Å². The molecule has 1 aromatic heterocycles. The first-order chi connectivity index (χ1) is 14.3. The molecule has 6 nitrogen and oxygen atoms in total. The highest BCUT2D eigenvalue weighted by molar-refractivity contribution is 7.88. The molecule has 3 aromatic rings. The average molecular weight is 422 g/mol. The fourth-order valence-corrected chi connectivity index (χ4v) is 4.54. The van der Waals surface area contributed by atoms with Crippen LogP contribution in [0.15, 0.2) is 60.7 Å². The predicted molar refractivity (Wildman–Crippen MR) is 118 cm³/mol. The van der Waals surface area contributed by atoms with E-state index in [1.165, 1.54) is 10.6 Å². The summed E-state index contributed by atoms with van der Waals surface area (Å²) in [7, 11) is -3.24. The molecule has 2 heterocycles.